The van der Waals surface area contributed by atoms with Gasteiger partial charge >= 0.3 is 6.61 Å². The van der Waals surface area contributed by atoms with Gasteiger partial charge in [-0.2, -0.15) is 8.78 Å². The first-order valence-electron chi connectivity index (χ1n) is 8.18. The van der Waals surface area contributed by atoms with Crippen LogP contribution in [0.15, 0.2) is 54.6 Å². The Bertz CT molecular complexity index is 724. The van der Waals surface area contributed by atoms with E-state index in [-0.39, 0.29) is 29.1 Å². The predicted molar refractivity (Wildman–Crippen MR) is 90.7 cm³/mol. The van der Waals surface area contributed by atoms with Gasteiger partial charge in [-0.15, -0.1) is 0 Å². The molecule has 2 atom stereocenters. The van der Waals surface area contributed by atoms with Crippen LogP contribution < -0.4 is 10.5 Å². The number of alkyl halides is 2. The molecule has 132 valence electrons. The first kappa shape index (κ1) is 17.4. The number of amides is 1. The average molecular weight is 346 g/mol. The molecule has 0 aliphatic carbocycles. The van der Waals surface area contributed by atoms with Gasteiger partial charge in [0.15, 0.2) is 0 Å². The molecule has 0 saturated carbocycles. The van der Waals surface area contributed by atoms with E-state index < -0.39 is 6.61 Å². The molecule has 0 unspecified atom stereocenters. The molecule has 1 saturated heterocycles. The standard InChI is InChI=1S/C19H20F2N2O2/c20-19(21)25-17-9-5-4-8-15(17)18(24)23-11-14(10-22)16(12-23)13-6-2-1-3-7-13/h1-9,14,16,19H,10-12,22H2/t14-,16+/m1/s1. The number of carbonyl (C=O) groups is 1. The van der Waals surface area contributed by atoms with Gasteiger partial charge in [0.1, 0.15) is 5.75 Å². The maximum atomic E-state index is 12.8. The highest BCUT2D eigenvalue weighted by atomic mass is 19.3. The second-order valence-electron chi connectivity index (χ2n) is 6.10. The topological polar surface area (TPSA) is 55.6 Å². The van der Waals surface area contributed by atoms with Crippen molar-refractivity contribution in [3.05, 3.63) is 65.7 Å². The number of nitrogens with two attached hydrogens (primary N) is 1. The van der Waals surface area contributed by atoms with Crippen LogP contribution in [0.3, 0.4) is 0 Å². The molecule has 1 heterocycles. The summed E-state index contributed by atoms with van der Waals surface area (Å²) < 4.78 is 29.6. The van der Waals surface area contributed by atoms with Crippen LogP contribution in [0.4, 0.5) is 8.78 Å². The Morgan fingerprint density at radius 1 is 1.12 bits per heavy atom. The zero-order chi connectivity index (χ0) is 17.8. The van der Waals surface area contributed by atoms with E-state index in [1.165, 1.54) is 12.1 Å². The number of nitrogens with zero attached hydrogens (tertiary/aromatic N) is 1. The van der Waals surface area contributed by atoms with E-state index in [0.29, 0.717) is 19.6 Å². The quantitative estimate of drug-likeness (QED) is 0.905. The summed E-state index contributed by atoms with van der Waals surface area (Å²) in [5.74, 6) is -0.143. The number of carbonyl (C=O) groups excluding carboxylic acids is 1. The Labute approximate surface area is 145 Å². The number of rotatable bonds is 5. The molecule has 2 aromatic rings. The maximum Gasteiger partial charge on any atom is 0.387 e. The molecule has 1 aliphatic heterocycles. The molecular weight excluding hydrogens is 326 g/mol. The van der Waals surface area contributed by atoms with Crippen molar-refractivity contribution >= 4 is 5.91 Å². The molecule has 2 N–H and O–H groups in total. The van der Waals surface area contributed by atoms with Crippen LogP contribution in [0.1, 0.15) is 21.8 Å². The molecule has 1 amide bonds. The lowest BCUT2D eigenvalue weighted by molar-refractivity contribution is -0.0502. The van der Waals surface area contributed by atoms with Crippen LogP contribution in [0.25, 0.3) is 0 Å². The number of hydrogen-bond donors (Lipinski definition) is 1. The molecule has 0 aromatic heterocycles. The van der Waals surface area contributed by atoms with Gasteiger partial charge in [-0.3, -0.25) is 4.79 Å². The van der Waals surface area contributed by atoms with Crippen molar-refractivity contribution in [2.24, 2.45) is 11.7 Å². The molecule has 3 rings (SSSR count). The van der Waals surface area contributed by atoms with E-state index >= 15 is 0 Å². The molecule has 0 spiro atoms. The van der Waals surface area contributed by atoms with Crippen LogP contribution in [-0.2, 0) is 0 Å². The zero-order valence-corrected chi connectivity index (χ0v) is 13.6. The Kier molecular flexibility index (Phi) is 5.28. The summed E-state index contributed by atoms with van der Waals surface area (Å²) in [5.41, 5.74) is 7.17. The Hall–Kier alpha value is -2.47. The first-order chi connectivity index (χ1) is 12.1. The molecule has 25 heavy (non-hydrogen) atoms. The van der Waals surface area contributed by atoms with Crippen LogP contribution in [0.2, 0.25) is 0 Å². The van der Waals surface area contributed by atoms with Crippen molar-refractivity contribution < 1.29 is 18.3 Å². The minimum Gasteiger partial charge on any atom is -0.434 e. The first-order valence-corrected chi connectivity index (χ1v) is 8.18. The summed E-state index contributed by atoms with van der Waals surface area (Å²) in [4.78, 5) is 14.5. The normalized spacial score (nSPS) is 20.1. The van der Waals surface area contributed by atoms with Gasteiger partial charge < -0.3 is 15.4 Å². The number of benzene rings is 2. The molecule has 2 aromatic carbocycles. The van der Waals surface area contributed by atoms with E-state index in [4.69, 9.17) is 5.73 Å². The lowest BCUT2D eigenvalue weighted by Crippen LogP contribution is -2.30. The molecule has 4 nitrogen and oxygen atoms in total. The Morgan fingerprint density at radius 2 is 1.80 bits per heavy atom. The third kappa shape index (κ3) is 3.79. The number of hydrogen-bond acceptors (Lipinski definition) is 3. The maximum absolute atomic E-state index is 12.8. The van der Waals surface area contributed by atoms with Crippen molar-refractivity contribution in [2.75, 3.05) is 19.6 Å². The third-order valence-corrected chi connectivity index (χ3v) is 4.59. The van der Waals surface area contributed by atoms with Crippen molar-refractivity contribution in [1.29, 1.82) is 0 Å². The van der Waals surface area contributed by atoms with Crippen molar-refractivity contribution in [1.82, 2.24) is 4.90 Å². The van der Waals surface area contributed by atoms with Gasteiger partial charge in [0.25, 0.3) is 5.91 Å². The smallest absolute Gasteiger partial charge is 0.387 e. The van der Waals surface area contributed by atoms with Gasteiger partial charge in [0.2, 0.25) is 0 Å². The summed E-state index contributed by atoms with van der Waals surface area (Å²) in [6.07, 6.45) is 0. The van der Waals surface area contributed by atoms with Crippen LogP contribution in [-0.4, -0.2) is 37.1 Å². The molecular formula is C19H20F2N2O2. The van der Waals surface area contributed by atoms with Gasteiger partial charge in [-0.25, -0.2) is 0 Å². The summed E-state index contributed by atoms with van der Waals surface area (Å²) in [5, 5.41) is 0. The zero-order valence-electron chi connectivity index (χ0n) is 13.6. The predicted octanol–water partition coefficient (Wildman–Crippen LogP) is 3.10. The fourth-order valence-corrected chi connectivity index (χ4v) is 3.37. The summed E-state index contributed by atoms with van der Waals surface area (Å²) in [6, 6.07) is 16.0. The van der Waals surface area contributed by atoms with Gasteiger partial charge in [-0.1, -0.05) is 42.5 Å². The summed E-state index contributed by atoms with van der Waals surface area (Å²) >= 11 is 0. The number of likely N-dealkylation sites (tertiary alicyclic amines) is 1. The van der Waals surface area contributed by atoms with E-state index in [9.17, 15) is 13.6 Å². The monoisotopic (exact) mass is 346 g/mol. The van der Waals surface area contributed by atoms with E-state index in [0.717, 1.165) is 5.56 Å². The molecule has 0 bridgehead atoms. The molecule has 1 aliphatic rings. The molecule has 1 fully saturated rings. The van der Waals surface area contributed by atoms with Crippen LogP contribution in [0.5, 0.6) is 5.75 Å². The van der Waals surface area contributed by atoms with E-state index in [1.54, 1.807) is 17.0 Å². The summed E-state index contributed by atoms with van der Waals surface area (Å²) in [7, 11) is 0. The van der Waals surface area contributed by atoms with Crippen LogP contribution in [0, 0.1) is 5.92 Å². The third-order valence-electron chi connectivity index (χ3n) is 4.59. The van der Waals surface area contributed by atoms with Crippen molar-refractivity contribution in [2.45, 2.75) is 12.5 Å². The number of ether oxygens (including phenoxy) is 1. The SMILES string of the molecule is NC[C@@H]1CN(C(=O)c2ccccc2OC(F)F)C[C@H]1c1ccccc1. The van der Waals surface area contributed by atoms with Gasteiger partial charge in [0, 0.05) is 19.0 Å². The highest BCUT2D eigenvalue weighted by molar-refractivity contribution is 5.97. The van der Waals surface area contributed by atoms with Crippen molar-refractivity contribution in [3.8, 4) is 5.75 Å². The fraction of sp³-hybridized carbons (Fsp3) is 0.316. The summed E-state index contributed by atoms with van der Waals surface area (Å²) in [6.45, 7) is -1.51. The van der Waals surface area contributed by atoms with Crippen LogP contribution >= 0.6 is 0 Å². The lowest BCUT2D eigenvalue weighted by atomic mass is 9.89. The number of halogens is 2. The second kappa shape index (κ2) is 7.61. The highest BCUT2D eigenvalue weighted by Crippen LogP contribution is 2.34. The Balaban J connectivity index is 1.82. The van der Waals surface area contributed by atoms with Crippen molar-refractivity contribution in [3.63, 3.8) is 0 Å². The minimum atomic E-state index is -2.97. The molecule has 0 radical (unpaired) electrons. The van der Waals surface area contributed by atoms with Gasteiger partial charge in [-0.05, 0) is 30.2 Å². The lowest BCUT2D eigenvalue weighted by Gasteiger charge is -2.18. The van der Waals surface area contributed by atoms with Gasteiger partial charge in [0.05, 0.1) is 5.56 Å². The minimum absolute atomic E-state index is 0.102. The second-order valence-corrected chi connectivity index (χ2v) is 6.10. The highest BCUT2D eigenvalue weighted by Gasteiger charge is 2.36. The average Bonchev–Trinajstić information content (AvgIpc) is 3.06. The van der Waals surface area contributed by atoms with E-state index in [1.807, 2.05) is 30.3 Å². The molecule has 6 heteroatoms. The van der Waals surface area contributed by atoms with E-state index in [2.05, 4.69) is 4.74 Å². The fourth-order valence-electron chi connectivity index (χ4n) is 3.37. The number of para-hydroxylation sites is 1. The largest absolute Gasteiger partial charge is 0.434 e. The Morgan fingerprint density at radius 3 is 2.48 bits per heavy atom.